The summed E-state index contributed by atoms with van der Waals surface area (Å²) in [6.45, 7) is 5.03. The van der Waals surface area contributed by atoms with E-state index in [9.17, 15) is 13.2 Å². The molecule has 1 rings (SSSR count). The van der Waals surface area contributed by atoms with Crippen molar-refractivity contribution in [3.05, 3.63) is 22.7 Å². The lowest BCUT2D eigenvalue weighted by Gasteiger charge is -2.19. The Morgan fingerprint density at radius 1 is 1.43 bits per heavy atom. The molecule has 1 aromatic carbocycles. The second-order valence-electron chi connectivity index (χ2n) is 4.56. The van der Waals surface area contributed by atoms with Crippen molar-refractivity contribution in [2.45, 2.75) is 31.7 Å². The normalized spacial score (nSPS) is 14.5. The number of rotatable bonds is 7. The van der Waals surface area contributed by atoms with Crippen LogP contribution in [0.4, 0.5) is 0 Å². The number of ether oxygens (including phenoxy) is 1. The summed E-state index contributed by atoms with van der Waals surface area (Å²) in [4.78, 5) is 10.9. The zero-order valence-corrected chi connectivity index (χ0v) is 14.4. The first-order chi connectivity index (χ1) is 9.69. The van der Waals surface area contributed by atoms with Crippen LogP contribution in [-0.2, 0) is 14.8 Å². The Balaban J connectivity index is 3.13. The van der Waals surface area contributed by atoms with Gasteiger partial charge in [-0.1, -0.05) is 22.9 Å². The minimum Gasteiger partial charge on any atom is -0.492 e. The van der Waals surface area contributed by atoms with Crippen molar-refractivity contribution in [2.75, 3.05) is 6.61 Å². The van der Waals surface area contributed by atoms with E-state index in [1.54, 1.807) is 19.1 Å². The molecule has 21 heavy (non-hydrogen) atoms. The summed E-state index contributed by atoms with van der Waals surface area (Å²) >= 11 is 3.22. The predicted molar refractivity (Wildman–Crippen MR) is 81.9 cm³/mol. The van der Waals surface area contributed by atoms with Crippen molar-refractivity contribution in [3.8, 4) is 5.75 Å². The van der Waals surface area contributed by atoms with E-state index in [-0.39, 0.29) is 10.6 Å². The van der Waals surface area contributed by atoms with Gasteiger partial charge in [0.1, 0.15) is 10.6 Å². The third kappa shape index (κ3) is 4.69. The smallest absolute Gasteiger partial charge is 0.307 e. The molecule has 0 aliphatic heterocycles. The van der Waals surface area contributed by atoms with Gasteiger partial charge >= 0.3 is 5.97 Å². The maximum atomic E-state index is 12.4. The van der Waals surface area contributed by atoms with Crippen LogP contribution in [0.25, 0.3) is 0 Å². The summed E-state index contributed by atoms with van der Waals surface area (Å²) in [7, 11) is -3.88. The average molecular weight is 380 g/mol. The van der Waals surface area contributed by atoms with Crippen molar-refractivity contribution < 1.29 is 23.1 Å². The zero-order chi connectivity index (χ0) is 16.2. The Labute approximate surface area is 132 Å². The van der Waals surface area contributed by atoms with Crippen molar-refractivity contribution in [1.82, 2.24) is 4.72 Å². The summed E-state index contributed by atoms with van der Waals surface area (Å²) in [5.74, 6) is -1.68. The van der Waals surface area contributed by atoms with Crippen LogP contribution in [0.5, 0.6) is 5.75 Å². The maximum Gasteiger partial charge on any atom is 0.307 e. The number of sulfonamides is 1. The van der Waals surface area contributed by atoms with Crippen LogP contribution in [0, 0.1) is 5.92 Å². The largest absolute Gasteiger partial charge is 0.492 e. The highest BCUT2D eigenvalue weighted by Crippen LogP contribution is 2.28. The van der Waals surface area contributed by atoms with Gasteiger partial charge in [0.25, 0.3) is 0 Å². The highest BCUT2D eigenvalue weighted by atomic mass is 79.9. The van der Waals surface area contributed by atoms with Gasteiger partial charge in [-0.15, -0.1) is 0 Å². The van der Waals surface area contributed by atoms with E-state index in [1.807, 2.05) is 0 Å². The first-order valence-electron chi connectivity index (χ1n) is 6.36. The number of carbonyl (C=O) groups is 1. The Morgan fingerprint density at radius 3 is 2.57 bits per heavy atom. The average Bonchev–Trinajstić information content (AvgIpc) is 2.39. The Morgan fingerprint density at radius 2 is 2.05 bits per heavy atom. The van der Waals surface area contributed by atoms with Gasteiger partial charge in [0.05, 0.1) is 12.5 Å². The molecule has 2 atom stereocenters. The van der Waals surface area contributed by atoms with Crippen molar-refractivity contribution in [2.24, 2.45) is 5.92 Å². The molecule has 0 fully saturated rings. The lowest BCUT2D eigenvalue weighted by molar-refractivity contribution is -0.141. The molecule has 0 aliphatic carbocycles. The lowest BCUT2D eigenvalue weighted by Crippen LogP contribution is -2.40. The molecule has 0 saturated carbocycles. The molecule has 8 heteroatoms. The third-order valence-electron chi connectivity index (χ3n) is 2.98. The Hall–Kier alpha value is -1.12. The van der Waals surface area contributed by atoms with Crippen molar-refractivity contribution in [1.29, 1.82) is 0 Å². The van der Waals surface area contributed by atoms with E-state index in [2.05, 4.69) is 20.7 Å². The number of benzene rings is 1. The van der Waals surface area contributed by atoms with Crippen molar-refractivity contribution >= 4 is 31.9 Å². The van der Waals surface area contributed by atoms with Crippen LogP contribution in [0.1, 0.15) is 20.8 Å². The van der Waals surface area contributed by atoms with Crippen LogP contribution < -0.4 is 9.46 Å². The van der Waals surface area contributed by atoms with Crippen LogP contribution in [-0.4, -0.2) is 32.1 Å². The zero-order valence-electron chi connectivity index (χ0n) is 12.0. The molecule has 0 saturated heterocycles. The number of carboxylic acids is 1. The molecule has 1 aromatic rings. The molecule has 0 aromatic heterocycles. The van der Waals surface area contributed by atoms with Gasteiger partial charge in [-0.05, 0) is 32.0 Å². The molecule has 0 spiro atoms. The molecule has 0 radical (unpaired) electrons. The number of hydrogen-bond acceptors (Lipinski definition) is 4. The monoisotopic (exact) mass is 379 g/mol. The van der Waals surface area contributed by atoms with Crippen LogP contribution in [0.2, 0.25) is 0 Å². The minimum absolute atomic E-state index is 0.0248. The molecule has 2 unspecified atom stereocenters. The number of hydrogen-bond donors (Lipinski definition) is 2. The highest BCUT2D eigenvalue weighted by Gasteiger charge is 2.27. The predicted octanol–water partition coefficient (Wildman–Crippen LogP) is 2.24. The van der Waals surface area contributed by atoms with Gasteiger partial charge < -0.3 is 9.84 Å². The number of halogens is 1. The standard InChI is InChI=1S/C13H18BrNO5S/c1-4-20-11-6-5-10(14)7-12(11)21(18,19)15-9(3)8(2)13(16)17/h5-9,15H,4H2,1-3H3,(H,16,17). The summed E-state index contributed by atoms with van der Waals surface area (Å²) in [5.41, 5.74) is 0. The molecular formula is C13H18BrNO5S. The molecule has 0 amide bonds. The van der Waals surface area contributed by atoms with E-state index < -0.39 is 28.0 Å². The third-order valence-corrected chi connectivity index (χ3v) is 5.05. The van der Waals surface area contributed by atoms with Gasteiger partial charge in [-0.3, -0.25) is 4.79 Å². The van der Waals surface area contributed by atoms with E-state index in [0.717, 1.165) is 0 Å². The molecule has 0 aliphatic rings. The fraction of sp³-hybridized carbons (Fsp3) is 0.462. The fourth-order valence-corrected chi connectivity index (χ4v) is 3.60. The van der Waals surface area contributed by atoms with E-state index in [1.165, 1.54) is 19.9 Å². The molecule has 118 valence electrons. The van der Waals surface area contributed by atoms with Gasteiger partial charge in [0, 0.05) is 10.5 Å². The first-order valence-corrected chi connectivity index (χ1v) is 8.64. The number of aliphatic carboxylic acids is 1. The molecule has 0 heterocycles. The quantitative estimate of drug-likeness (QED) is 0.757. The summed E-state index contributed by atoms with van der Waals surface area (Å²) in [6.07, 6.45) is 0. The first kappa shape index (κ1) is 17.9. The van der Waals surface area contributed by atoms with E-state index >= 15 is 0 Å². The van der Waals surface area contributed by atoms with Crippen molar-refractivity contribution in [3.63, 3.8) is 0 Å². The van der Waals surface area contributed by atoms with Crippen LogP contribution >= 0.6 is 15.9 Å². The fourth-order valence-electron chi connectivity index (χ4n) is 1.59. The Kier molecular flexibility index (Phi) is 6.18. The molecule has 6 nitrogen and oxygen atoms in total. The lowest BCUT2D eigenvalue weighted by atomic mass is 10.1. The van der Waals surface area contributed by atoms with Gasteiger partial charge in [0.2, 0.25) is 10.0 Å². The summed E-state index contributed by atoms with van der Waals surface area (Å²) in [5, 5.41) is 8.94. The summed E-state index contributed by atoms with van der Waals surface area (Å²) < 4.78 is 33.1. The van der Waals surface area contributed by atoms with Crippen LogP contribution in [0.3, 0.4) is 0 Å². The maximum absolute atomic E-state index is 12.4. The molecule has 2 N–H and O–H groups in total. The number of nitrogens with one attached hydrogen (secondary N) is 1. The topological polar surface area (TPSA) is 92.7 Å². The molecular weight excluding hydrogens is 362 g/mol. The minimum atomic E-state index is -3.88. The van der Waals surface area contributed by atoms with E-state index in [4.69, 9.17) is 9.84 Å². The Bertz CT molecular complexity index is 617. The van der Waals surface area contributed by atoms with Gasteiger partial charge in [0.15, 0.2) is 0 Å². The summed E-state index contributed by atoms with van der Waals surface area (Å²) in [6, 6.07) is 3.90. The van der Waals surface area contributed by atoms with Gasteiger partial charge in [-0.25, -0.2) is 13.1 Å². The highest BCUT2D eigenvalue weighted by molar-refractivity contribution is 9.10. The molecule has 0 bridgehead atoms. The van der Waals surface area contributed by atoms with Gasteiger partial charge in [-0.2, -0.15) is 0 Å². The van der Waals surface area contributed by atoms with Crippen LogP contribution in [0.15, 0.2) is 27.6 Å². The van der Waals surface area contributed by atoms with E-state index in [0.29, 0.717) is 11.1 Å². The second kappa shape index (κ2) is 7.24. The SMILES string of the molecule is CCOc1ccc(Br)cc1S(=O)(=O)NC(C)C(C)C(=O)O. The number of carboxylic acid groups (broad SMARTS) is 1. The second-order valence-corrected chi connectivity index (χ2v) is 7.16.